The summed E-state index contributed by atoms with van der Waals surface area (Å²) >= 11 is 3.39. The first-order valence-corrected chi connectivity index (χ1v) is 7.06. The van der Waals surface area contributed by atoms with E-state index in [1.165, 1.54) is 0 Å². The van der Waals surface area contributed by atoms with Crippen LogP contribution in [0, 0.1) is 20.8 Å². The standard InChI is InChI=1S/C13H20BrNO2/c1-5-15(8-6-7-14)13(16)12-9(2)10(3)17-11(12)4/h5-8H2,1-4H3. The summed E-state index contributed by atoms with van der Waals surface area (Å²) < 4.78 is 5.51. The Morgan fingerprint density at radius 2 is 1.94 bits per heavy atom. The first-order valence-electron chi connectivity index (χ1n) is 5.94. The Balaban J connectivity index is 2.93. The number of alkyl halides is 1. The molecule has 1 rings (SSSR count). The van der Waals surface area contributed by atoms with Crippen molar-refractivity contribution in [3.63, 3.8) is 0 Å². The lowest BCUT2D eigenvalue weighted by atomic mass is 10.1. The zero-order valence-corrected chi connectivity index (χ0v) is 12.6. The molecule has 0 unspecified atom stereocenters. The highest BCUT2D eigenvalue weighted by Crippen LogP contribution is 2.22. The van der Waals surface area contributed by atoms with Crippen molar-refractivity contribution >= 4 is 21.8 Å². The lowest BCUT2D eigenvalue weighted by molar-refractivity contribution is 0.0762. The van der Waals surface area contributed by atoms with Gasteiger partial charge in [-0.2, -0.15) is 0 Å². The topological polar surface area (TPSA) is 33.5 Å². The van der Waals surface area contributed by atoms with E-state index in [0.29, 0.717) is 0 Å². The zero-order valence-electron chi connectivity index (χ0n) is 11.0. The third-order valence-corrected chi connectivity index (χ3v) is 3.57. The maximum Gasteiger partial charge on any atom is 0.257 e. The van der Waals surface area contributed by atoms with E-state index in [9.17, 15) is 4.79 Å². The minimum atomic E-state index is 0.0836. The summed E-state index contributed by atoms with van der Waals surface area (Å²) in [5.41, 5.74) is 1.70. The maximum absolute atomic E-state index is 12.4. The van der Waals surface area contributed by atoms with Gasteiger partial charge in [0.05, 0.1) is 5.56 Å². The summed E-state index contributed by atoms with van der Waals surface area (Å²) in [5, 5.41) is 0.916. The quantitative estimate of drug-likeness (QED) is 0.781. The van der Waals surface area contributed by atoms with E-state index in [-0.39, 0.29) is 5.91 Å². The van der Waals surface area contributed by atoms with Crippen LogP contribution in [0.1, 0.15) is 40.8 Å². The monoisotopic (exact) mass is 301 g/mol. The van der Waals surface area contributed by atoms with E-state index < -0.39 is 0 Å². The van der Waals surface area contributed by atoms with Crippen LogP contribution in [0.4, 0.5) is 0 Å². The smallest absolute Gasteiger partial charge is 0.257 e. The van der Waals surface area contributed by atoms with Crippen molar-refractivity contribution in [3.05, 3.63) is 22.6 Å². The lowest BCUT2D eigenvalue weighted by Crippen LogP contribution is -2.32. The molecule has 0 saturated heterocycles. The second-order valence-electron chi connectivity index (χ2n) is 4.14. The van der Waals surface area contributed by atoms with Crippen LogP contribution in [0.5, 0.6) is 0 Å². The molecule has 1 aromatic rings. The number of hydrogen-bond acceptors (Lipinski definition) is 2. The predicted molar refractivity (Wildman–Crippen MR) is 72.9 cm³/mol. The Labute approximate surface area is 111 Å². The average molecular weight is 302 g/mol. The van der Waals surface area contributed by atoms with Gasteiger partial charge in [0.1, 0.15) is 11.5 Å². The SMILES string of the molecule is CCN(CCCBr)C(=O)c1c(C)oc(C)c1C. The van der Waals surface area contributed by atoms with Gasteiger partial charge in [-0.05, 0) is 34.1 Å². The Bertz CT molecular complexity index is 398. The van der Waals surface area contributed by atoms with Gasteiger partial charge in [-0.25, -0.2) is 0 Å². The molecule has 17 heavy (non-hydrogen) atoms. The summed E-state index contributed by atoms with van der Waals surface area (Å²) in [6.07, 6.45) is 0.967. The predicted octanol–water partition coefficient (Wildman–Crippen LogP) is 3.45. The molecule has 0 N–H and O–H groups in total. The third-order valence-electron chi connectivity index (χ3n) is 3.01. The molecule has 1 amide bonds. The number of carbonyl (C=O) groups excluding carboxylic acids is 1. The van der Waals surface area contributed by atoms with Crippen LogP contribution in [-0.2, 0) is 0 Å². The minimum Gasteiger partial charge on any atom is -0.466 e. The Hall–Kier alpha value is -0.770. The number of amides is 1. The molecule has 96 valence electrons. The average Bonchev–Trinajstić information content (AvgIpc) is 2.54. The van der Waals surface area contributed by atoms with E-state index >= 15 is 0 Å². The van der Waals surface area contributed by atoms with Crippen molar-refractivity contribution in [1.82, 2.24) is 4.90 Å². The molecule has 0 saturated carbocycles. The van der Waals surface area contributed by atoms with Crippen LogP contribution in [0.2, 0.25) is 0 Å². The number of carbonyl (C=O) groups is 1. The normalized spacial score (nSPS) is 10.6. The van der Waals surface area contributed by atoms with Crippen LogP contribution < -0.4 is 0 Å². The number of hydrogen-bond donors (Lipinski definition) is 0. The Morgan fingerprint density at radius 1 is 1.29 bits per heavy atom. The van der Waals surface area contributed by atoms with Crippen molar-refractivity contribution in [2.45, 2.75) is 34.1 Å². The Kier molecular flexibility index (Phi) is 5.25. The molecule has 0 radical (unpaired) electrons. The summed E-state index contributed by atoms with van der Waals surface area (Å²) in [4.78, 5) is 14.3. The van der Waals surface area contributed by atoms with Gasteiger partial charge in [0.2, 0.25) is 0 Å². The van der Waals surface area contributed by atoms with Gasteiger partial charge in [-0.1, -0.05) is 15.9 Å². The minimum absolute atomic E-state index is 0.0836. The van der Waals surface area contributed by atoms with E-state index in [4.69, 9.17) is 4.42 Å². The molecule has 0 fully saturated rings. The number of furan rings is 1. The highest BCUT2D eigenvalue weighted by Gasteiger charge is 2.22. The molecule has 0 aliphatic rings. The molecular formula is C13H20BrNO2. The summed E-state index contributed by atoms with van der Waals surface area (Å²) in [5.74, 6) is 1.64. The largest absolute Gasteiger partial charge is 0.466 e. The molecular weight excluding hydrogens is 282 g/mol. The fraction of sp³-hybridized carbons (Fsp3) is 0.615. The number of nitrogens with zero attached hydrogens (tertiary/aromatic N) is 1. The van der Waals surface area contributed by atoms with Crippen molar-refractivity contribution in [2.24, 2.45) is 0 Å². The first-order chi connectivity index (χ1) is 8.02. The van der Waals surface area contributed by atoms with Crippen molar-refractivity contribution < 1.29 is 9.21 Å². The van der Waals surface area contributed by atoms with Gasteiger partial charge in [0.25, 0.3) is 5.91 Å². The molecule has 0 aliphatic heterocycles. The second-order valence-corrected chi connectivity index (χ2v) is 4.93. The van der Waals surface area contributed by atoms with Gasteiger partial charge in [-0.15, -0.1) is 0 Å². The van der Waals surface area contributed by atoms with Gasteiger partial charge in [0.15, 0.2) is 0 Å². The van der Waals surface area contributed by atoms with Crippen molar-refractivity contribution in [1.29, 1.82) is 0 Å². The van der Waals surface area contributed by atoms with Gasteiger partial charge >= 0.3 is 0 Å². The van der Waals surface area contributed by atoms with Crippen LogP contribution >= 0.6 is 15.9 Å². The molecule has 0 bridgehead atoms. The molecule has 4 heteroatoms. The van der Waals surface area contributed by atoms with Crippen molar-refractivity contribution in [2.75, 3.05) is 18.4 Å². The van der Waals surface area contributed by atoms with E-state index in [0.717, 1.165) is 47.5 Å². The number of rotatable bonds is 5. The van der Waals surface area contributed by atoms with Crippen LogP contribution in [0.25, 0.3) is 0 Å². The molecule has 0 aliphatic carbocycles. The second kappa shape index (κ2) is 6.24. The highest BCUT2D eigenvalue weighted by atomic mass is 79.9. The Morgan fingerprint density at radius 3 is 2.35 bits per heavy atom. The van der Waals surface area contributed by atoms with Gasteiger partial charge < -0.3 is 9.32 Å². The molecule has 0 atom stereocenters. The fourth-order valence-electron chi connectivity index (χ4n) is 1.92. The zero-order chi connectivity index (χ0) is 13.0. The van der Waals surface area contributed by atoms with Gasteiger partial charge in [0, 0.05) is 24.0 Å². The molecule has 0 spiro atoms. The van der Waals surface area contributed by atoms with Crippen molar-refractivity contribution in [3.8, 4) is 0 Å². The highest BCUT2D eigenvalue weighted by molar-refractivity contribution is 9.09. The molecule has 1 heterocycles. The third kappa shape index (κ3) is 3.12. The van der Waals surface area contributed by atoms with Crippen LogP contribution in [0.15, 0.2) is 4.42 Å². The van der Waals surface area contributed by atoms with E-state index in [1.54, 1.807) is 0 Å². The number of aryl methyl sites for hydroxylation is 2. The van der Waals surface area contributed by atoms with Crippen LogP contribution in [0.3, 0.4) is 0 Å². The summed E-state index contributed by atoms with van der Waals surface area (Å²) in [6, 6.07) is 0. The van der Waals surface area contributed by atoms with Crippen LogP contribution in [-0.4, -0.2) is 29.2 Å². The van der Waals surface area contributed by atoms with E-state index in [2.05, 4.69) is 15.9 Å². The van der Waals surface area contributed by atoms with Gasteiger partial charge in [-0.3, -0.25) is 4.79 Å². The molecule has 0 aromatic carbocycles. The first kappa shape index (κ1) is 14.3. The lowest BCUT2D eigenvalue weighted by Gasteiger charge is -2.20. The summed E-state index contributed by atoms with van der Waals surface area (Å²) in [7, 11) is 0. The molecule has 1 aromatic heterocycles. The molecule has 3 nitrogen and oxygen atoms in total. The summed E-state index contributed by atoms with van der Waals surface area (Å²) in [6.45, 7) is 9.21. The maximum atomic E-state index is 12.4. The van der Waals surface area contributed by atoms with E-state index in [1.807, 2.05) is 32.6 Å². The fourth-order valence-corrected chi connectivity index (χ4v) is 2.17. The number of halogens is 1.